The molecule has 0 spiro atoms. The Morgan fingerprint density at radius 3 is 1.01 bits per heavy atom. The van der Waals surface area contributed by atoms with Crippen LogP contribution >= 0.6 is 0 Å². The minimum atomic E-state index is 0. The zero-order valence-corrected chi connectivity index (χ0v) is 58.4. The molecule has 0 fully saturated rings. The molecule has 7 aromatic heterocycles. The maximum atomic E-state index is 7.34. The van der Waals surface area contributed by atoms with Gasteiger partial charge in [-0.25, -0.2) is 9.97 Å². The number of fused-ring (bicyclic) bond motifs is 6. The standard InChI is InChI=1S/C94H58N7O2.Ir/c1-60-52-65(84-34-14-17-47-95-84)39-42-71(60)75-31-11-8-28-72(75)68-53-69(73-29-9-12-32-76(73)78-43-40-66(85-35-15-18-48-96-85)56-87(78)102-89-58-82(61-22-4-2-5-23-61)80-45-37-63-26-20-50-98-91(63)93(80)100-89)55-70(54-68)74-30-10-13-33-77(74)79-44-41-67(86-36-16-19-49-97-86)57-88(79)103-90-59-83(62-24-6-3-7-25-62)81-46-38-64-27-21-51-99-92(64)94(81)101-90;/h2-38,42-59H,1H3;/q-3;+3. The van der Waals surface area contributed by atoms with E-state index in [-0.39, 0.29) is 20.1 Å². The molecule has 0 aliphatic rings. The second-order valence-corrected chi connectivity index (χ2v) is 25.3. The Labute approximate surface area is 615 Å². The van der Waals surface area contributed by atoms with E-state index >= 15 is 0 Å². The van der Waals surface area contributed by atoms with Crippen molar-refractivity contribution in [3.63, 3.8) is 0 Å². The summed E-state index contributed by atoms with van der Waals surface area (Å²) in [6.07, 6.45) is 9.05. The van der Waals surface area contributed by atoms with Crippen LogP contribution in [0.4, 0.5) is 0 Å². The van der Waals surface area contributed by atoms with E-state index < -0.39 is 0 Å². The number of aromatic nitrogens is 7. The largest absolute Gasteiger partial charge is 3.00 e. The molecular weight excluding hydrogens is 1450 g/mol. The second kappa shape index (κ2) is 28.1. The van der Waals surface area contributed by atoms with Crippen molar-refractivity contribution in [3.05, 3.63) is 358 Å². The van der Waals surface area contributed by atoms with Gasteiger partial charge in [-0.15, -0.1) is 64.7 Å². The normalized spacial score (nSPS) is 11.2. The first-order valence-electron chi connectivity index (χ1n) is 34.1. The summed E-state index contributed by atoms with van der Waals surface area (Å²) >= 11 is 0. The van der Waals surface area contributed by atoms with Crippen LogP contribution < -0.4 is 9.47 Å². The molecule has 7 heterocycles. The van der Waals surface area contributed by atoms with Crippen molar-refractivity contribution in [2.24, 2.45) is 0 Å². The average Bonchev–Trinajstić information content (AvgIpc) is 0.766. The molecule has 0 aliphatic carbocycles. The van der Waals surface area contributed by atoms with Gasteiger partial charge in [-0.05, 0) is 132 Å². The van der Waals surface area contributed by atoms with Gasteiger partial charge >= 0.3 is 20.1 Å². The zero-order valence-electron chi connectivity index (χ0n) is 56.0. The predicted octanol–water partition coefficient (Wildman–Crippen LogP) is 23.7. The molecular formula is C94H58IrN7O2. The van der Waals surface area contributed by atoms with Crippen molar-refractivity contribution in [2.75, 3.05) is 0 Å². The molecule has 0 unspecified atom stereocenters. The van der Waals surface area contributed by atoms with E-state index in [0.717, 1.165) is 172 Å². The van der Waals surface area contributed by atoms with Gasteiger partial charge in [0.05, 0.1) is 22.5 Å². The smallest absolute Gasteiger partial charge is 0.458 e. The van der Waals surface area contributed by atoms with Gasteiger partial charge in [-0.2, -0.15) is 0 Å². The van der Waals surface area contributed by atoms with E-state index in [0.29, 0.717) is 23.3 Å². The summed E-state index contributed by atoms with van der Waals surface area (Å²) < 4.78 is 14.7. The maximum absolute atomic E-state index is 7.34. The Morgan fingerprint density at radius 2 is 0.615 bits per heavy atom. The summed E-state index contributed by atoms with van der Waals surface area (Å²) in [5, 5.41) is 3.89. The number of hydrogen-bond acceptors (Lipinski definition) is 9. The minimum absolute atomic E-state index is 0. The Kier molecular flexibility index (Phi) is 17.3. The van der Waals surface area contributed by atoms with Crippen molar-refractivity contribution in [3.8, 4) is 146 Å². The SMILES string of the molecule is Cc1cc(-c2ccccn2)[c-]cc1-c1ccccc1-c1cc(-c2ccccc2-c2c[c-]c(-c3ccccn3)cc2Oc2cc(-c3ccccc3)c3ccc4cccnc4c3n2)cc(-c2ccccc2-c2c[c-]c(-c3ccccn3)cc2Oc2cc(-c3ccccc3)c3ccc4cccnc4c3n2)c1.[Ir+3]. The Morgan fingerprint density at radius 1 is 0.260 bits per heavy atom. The Balaban J connectivity index is 0.00000800. The predicted molar refractivity (Wildman–Crippen MR) is 415 cm³/mol. The van der Waals surface area contributed by atoms with Crippen LogP contribution in [0.1, 0.15) is 5.56 Å². The summed E-state index contributed by atoms with van der Waals surface area (Å²) in [7, 11) is 0. The van der Waals surface area contributed by atoms with Crippen molar-refractivity contribution in [1.82, 2.24) is 34.9 Å². The Hall–Kier alpha value is -13.2. The molecule has 0 aliphatic heterocycles. The van der Waals surface area contributed by atoms with Gasteiger partial charge in [0.25, 0.3) is 0 Å². The van der Waals surface area contributed by atoms with Crippen LogP contribution in [0.25, 0.3) is 166 Å². The van der Waals surface area contributed by atoms with Crippen molar-refractivity contribution in [2.45, 2.75) is 6.92 Å². The van der Waals surface area contributed by atoms with Gasteiger partial charge in [0.1, 0.15) is 11.0 Å². The van der Waals surface area contributed by atoms with Gasteiger partial charge in [-0.1, -0.05) is 248 Å². The molecule has 9 nitrogen and oxygen atoms in total. The number of rotatable bonds is 15. The van der Waals surface area contributed by atoms with Crippen molar-refractivity contribution < 1.29 is 29.6 Å². The molecule has 10 heteroatoms. The third kappa shape index (κ3) is 12.4. The molecule has 0 saturated heterocycles. The van der Waals surface area contributed by atoms with E-state index in [1.54, 1.807) is 12.4 Å². The summed E-state index contributed by atoms with van der Waals surface area (Å²) in [5.41, 5.74) is 24.3. The van der Waals surface area contributed by atoms with Crippen LogP contribution in [0, 0.1) is 25.1 Å². The zero-order chi connectivity index (χ0) is 68.6. The van der Waals surface area contributed by atoms with Gasteiger partial charge in [0.2, 0.25) is 11.8 Å². The quantitative estimate of drug-likeness (QED) is 0.0732. The van der Waals surface area contributed by atoms with E-state index in [1.165, 1.54) is 0 Å². The average molecular weight is 1510 g/mol. The Bertz CT molecular complexity index is 5950. The molecule has 18 rings (SSSR count). The number of pyridine rings is 7. The molecule has 104 heavy (non-hydrogen) atoms. The first kappa shape index (κ1) is 64.2. The summed E-state index contributed by atoms with van der Waals surface area (Å²) in [5.74, 6) is 1.95. The van der Waals surface area contributed by atoms with Gasteiger partial charge in [0, 0.05) is 64.7 Å². The summed E-state index contributed by atoms with van der Waals surface area (Å²) in [6, 6.07) is 115. The molecule has 0 saturated carbocycles. The monoisotopic (exact) mass is 1510 g/mol. The van der Waals surface area contributed by atoms with Crippen LogP contribution in [0.2, 0.25) is 0 Å². The molecule has 0 amide bonds. The van der Waals surface area contributed by atoms with E-state index in [4.69, 9.17) is 39.4 Å². The number of nitrogens with zero attached hydrogens (tertiary/aromatic N) is 7. The van der Waals surface area contributed by atoms with Crippen molar-refractivity contribution >= 4 is 43.6 Å². The first-order chi connectivity index (χ1) is 51.0. The van der Waals surface area contributed by atoms with E-state index in [1.807, 2.05) is 134 Å². The maximum Gasteiger partial charge on any atom is 3.00 e. The molecule has 0 N–H and O–H groups in total. The fourth-order valence-corrected chi connectivity index (χ4v) is 14.1. The van der Waals surface area contributed by atoms with Crippen LogP contribution in [-0.4, -0.2) is 34.9 Å². The number of hydrogen-bond donors (Lipinski definition) is 0. The number of ether oxygens (including phenoxy) is 2. The van der Waals surface area contributed by atoms with Crippen LogP contribution in [0.5, 0.6) is 23.3 Å². The number of aryl methyl sites for hydroxylation is 1. The molecule has 0 bridgehead atoms. The van der Waals surface area contributed by atoms with E-state index in [2.05, 4.69) is 218 Å². The third-order valence-electron chi connectivity index (χ3n) is 19.0. The molecule has 18 aromatic rings. The van der Waals surface area contributed by atoms with Gasteiger partial charge in [0.15, 0.2) is 0 Å². The fourth-order valence-electron chi connectivity index (χ4n) is 14.1. The molecule has 11 aromatic carbocycles. The molecule has 0 radical (unpaired) electrons. The topological polar surface area (TPSA) is 109 Å². The molecule has 490 valence electrons. The minimum Gasteiger partial charge on any atom is -0.458 e. The van der Waals surface area contributed by atoms with Gasteiger partial charge in [-0.3, -0.25) is 9.97 Å². The first-order valence-corrected chi connectivity index (χ1v) is 34.1. The summed E-state index contributed by atoms with van der Waals surface area (Å²) in [6.45, 7) is 2.16. The fraction of sp³-hybridized carbons (Fsp3) is 0.0106. The summed E-state index contributed by atoms with van der Waals surface area (Å²) in [4.78, 5) is 34.7. The second-order valence-electron chi connectivity index (χ2n) is 25.3. The number of benzene rings is 11. The van der Waals surface area contributed by atoms with E-state index in [9.17, 15) is 0 Å². The molecule has 0 atom stereocenters. The van der Waals surface area contributed by atoms with Crippen LogP contribution in [0.3, 0.4) is 0 Å². The van der Waals surface area contributed by atoms with Crippen LogP contribution in [-0.2, 0) is 20.1 Å². The van der Waals surface area contributed by atoms with Crippen LogP contribution in [0.15, 0.2) is 334 Å². The van der Waals surface area contributed by atoms with Gasteiger partial charge < -0.3 is 24.4 Å². The third-order valence-corrected chi connectivity index (χ3v) is 19.0. The van der Waals surface area contributed by atoms with Crippen molar-refractivity contribution in [1.29, 1.82) is 0 Å².